The van der Waals surface area contributed by atoms with Crippen molar-refractivity contribution >= 4 is 23.3 Å². The van der Waals surface area contributed by atoms with Crippen molar-refractivity contribution in [2.24, 2.45) is 34.5 Å². The van der Waals surface area contributed by atoms with Gasteiger partial charge in [-0.05, 0) is 99.2 Å². The zero-order valence-electron chi connectivity index (χ0n) is 21.4. The highest BCUT2D eigenvalue weighted by Crippen LogP contribution is 2.66. The lowest BCUT2D eigenvalue weighted by Crippen LogP contribution is -2.59. The number of likely N-dealkylation sites (N-methyl/N-ethyl adjacent to an activating group) is 1. The molecule has 3 aliphatic carbocycles. The largest absolute Gasteiger partial charge is 0.382 e. The molecular formula is C28H40N4O2. The van der Waals surface area contributed by atoms with Gasteiger partial charge in [-0.15, -0.1) is 0 Å². The predicted octanol–water partition coefficient (Wildman–Crippen LogP) is 4.86. The minimum Gasteiger partial charge on any atom is -0.382 e. The number of pyridine rings is 1. The van der Waals surface area contributed by atoms with Gasteiger partial charge in [0.2, 0.25) is 11.8 Å². The van der Waals surface area contributed by atoms with Gasteiger partial charge in [0, 0.05) is 30.6 Å². The highest BCUT2D eigenvalue weighted by molar-refractivity contribution is 5.94. The molecule has 184 valence electrons. The van der Waals surface area contributed by atoms with E-state index in [2.05, 4.69) is 30.2 Å². The summed E-state index contributed by atoms with van der Waals surface area (Å²) in [6.07, 6.45) is 11.6. The summed E-state index contributed by atoms with van der Waals surface area (Å²) < 4.78 is 0. The Morgan fingerprint density at radius 3 is 2.68 bits per heavy atom. The summed E-state index contributed by atoms with van der Waals surface area (Å²) in [7, 11) is 1.98. The minimum absolute atomic E-state index is 0.0560. The third-order valence-electron chi connectivity index (χ3n) is 10.4. The molecule has 5 rings (SSSR count). The van der Waals surface area contributed by atoms with Crippen molar-refractivity contribution in [1.82, 2.24) is 9.88 Å². The average Bonchev–Trinajstić information content (AvgIpc) is 3.10. The van der Waals surface area contributed by atoms with Crippen LogP contribution in [0, 0.1) is 48.3 Å². The summed E-state index contributed by atoms with van der Waals surface area (Å²) in [4.78, 5) is 31.7. The number of aromatic nitrogens is 1. The van der Waals surface area contributed by atoms with Crippen LogP contribution in [0.4, 0.5) is 11.5 Å². The number of rotatable bonds is 3. The van der Waals surface area contributed by atoms with Gasteiger partial charge in [0.25, 0.3) is 0 Å². The SMILES string of the molecule is Cc1cc(C)c(NC(=O)C[C@H]2CC[C@H]3[C@@H]4CC[C@H]5N(C)C(=O)C=C[C@]5(C)[C@H]4CC[C@]23C)c(N)n1. The van der Waals surface area contributed by atoms with Gasteiger partial charge in [-0.3, -0.25) is 9.59 Å². The summed E-state index contributed by atoms with van der Waals surface area (Å²) in [5, 5.41) is 3.08. The van der Waals surface area contributed by atoms with Crippen LogP contribution in [0.2, 0.25) is 0 Å². The zero-order chi connectivity index (χ0) is 24.4. The molecule has 0 saturated heterocycles. The summed E-state index contributed by atoms with van der Waals surface area (Å²) >= 11 is 0. The van der Waals surface area contributed by atoms with Crippen molar-refractivity contribution in [3.05, 3.63) is 29.5 Å². The second-order valence-corrected chi connectivity index (χ2v) is 12.0. The van der Waals surface area contributed by atoms with Gasteiger partial charge in [-0.1, -0.05) is 19.9 Å². The van der Waals surface area contributed by atoms with Crippen LogP contribution in [0.15, 0.2) is 18.2 Å². The standard InChI is InChI=1S/C28H40N4O2/c1-16-14-17(2)30-26(29)25(16)31-23(33)15-18-6-8-20-19-7-9-22-28(4,13-11-24(34)32(22)5)21(19)10-12-27(18,20)3/h11,13-14,18-22H,6-10,12,15H2,1-5H3,(H2,29,30)(H,31,33)/t18-,19+,20+,21+,22-,27-,28-/m1/s1. The van der Waals surface area contributed by atoms with Crippen molar-refractivity contribution in [2.75, 3.05) is 18.1 Å². The third-order valence-corrected chi connectivity index (χ3v) is 10.4. The van der Waals surface area contributed by atoms with Crippen LogP contribution in [0.5, 0.6) is 0 Å². The minimum atomic E-state index is 0.0560. The molecule has 1 aliphatic heterocycles. The van der Waals surface area contributed by atoms with Crippen molar-refractivity contribution in [2.45, 2.75) is 78.7 Å². The van der Waals surface area contributed by atoms with Crippen LogP contribution < -0.4 is 11.1 Å². The number of hydrogen-bond donors (Lipinski definition) is 2. The monoisotopic (exact) mass is 464 g/mol. The molecule has 34 heavy (non-hydrogen) atoms. The Bertz CT molecular complexity index is 1030. The maximum absolute atomic E-state index is 13.1. The first-order chi connectivity index (χ1) is 16.0. The third kappa shape index (κ3) is 3.47. The van der Waals surface area contributed by atoms with Crippen LogP contribution in [0.1, 0.15) is 70.1 Å². The van der Waals surface area contributed by atoms with E-state index >= 15 is 0 Å². The molecule has 0 unspecified atom stereocenters. The molecule has 0 radical (unpaired) electrons. The van der Waals surface area contributed by atoms with Crippen LogP contribution in [-0.4, -0.2) is 34.8 Å². The molecule has 7 atom stereocenters. The fraction of sp³-hybridized carbons (Fsp3) is 0.679. The maximum Gasteiger partial charge on any atom is 0.246 e. The van der Waals surface area contributed by atoms with Gasteiger partial charge in [-0.2, -0.15) is 0 Å². The second kappa shape index (κ2) is 8.10. The number of hydrogen-bond acceptors (Lipinski definition) is 4. The van der Waals surface area contributed by atoms with Crippen molar-refractivity contribution in [1.29, 1.82) is 0 Å². The van der Waals surface area contributed by atoms with Crippen molar-refractivity contribution in [3.8, 4) is 0 Å². The highest BCUT2D eigenvalue weighted by Gasteiger charge is 2.60. The molecule has 3 N–H and O–H groups in total. The Kier molecular flexibility index (Phi) is 5.57. The molecule has 4 aliphatic rings. The van der Waals surface area contributed by atoms with Crippen molar-refractivity contribution < 1.29 is 9.59 Å². The number of aryl methyl sites for hydroxylation is 2. The quantitative estimate of drug-likeness (QED) is 0.668. The molecule has 1 aromatic rings. The molecule has 0 bridgehead atoms. The van der Waals surface area contributed by atoms with Crippen LogP contribution in [0.3, 0.4) is 0 Å². The number of fused-ring (bicyclic) bond motifs is 5. The van der Waals surface area contributed by atoms with Crippen LogP contribution in [0.25, 0.3) is 0 Å². The molecular weight excluding hydrogens is 424 g/mol. The van der Waals surface area contributed by atoms with E-state index in [1.165, 1.54) is 19.3 Å². The van der Waals surface area contributed by atoms with Gasteiger partial charge >= 0.3 is 0 Å². The fourth-order valence-corrected chi connectivity index (χ4v) is 8.63. The van der Waals surface area contributed by atoms with Gasteiger partial charge in [0.1, 0.15) is 5.82 Å². The number of nitrogen functional groups attached to an aromatic ring is 1. The lowest BCUT2D eigenvalue weighted by Gasteiger charge is -2.60. The van der Waals surface area contributed by atoms with Gasteiger partial charge in [0.05, 0.1) is 5.69 Å². The Balaban J connectivity index is 1.32. The molecule has 1 aromatic heterocycles. The van der Waals surface area contributed by atoms with E-state index in [1.54, 1.807) is 0 Å². The lowest BCUT2D eigenvalue weighted by atomic mass is 9.47. The first-order valence-corrected chi connectivity index (χ1v) is 13.0. The van der Waals surface area contributed by atoms with E-state index in [4.69, 9.17) is 5.73 Å². The van der Waals surface area contributed by atoms with E-state index in [0.29, 0.717) is 47.6 Å². The number of amides is 2. The second-order valence-electron chi connectivity index (χ2n) is 12.0. The maximum atomic E-state index is 13.1. The van der Waals surface area contributed by atoms with E-state index in [0.717, 1.165) is 30.5 Å². The normalized spacial score (nSPS) is 38.8. The Morgan fingerprint density at radius 1 is 1.18 bits per heavy atom. The fourth-order valence-electron chi connectivity index (χ4n) is 8.63. The number of nitrogens with zero attached hydrogens (tertiary/aromatic N) is 2. The Labute approximate surface area is 203 Å². The van der Waals surface area contributed by atoms with E-state index < -0.39 is 0 Å². The molecule has 2 amide bonds. The smallest absolute Gasteiger partial charge is 0.246 e. The summed E-state index contributed by atoms with van der Waals surface area (Å²) in [5.41, 5.74) is 8.87. The zero-order valence-corrected chi connectivity index (χ0v) is 21.4. The number of nitrogens with one attached hydrogen (secondary N) is 1. The number of carbonyl (C=O) groups is 2. The van der Waals surface area contributed by atoms with Crippen LogP contribution in [-0.2, 0) is 9.59 Å². The van der Waals surface area contributed by atoms with E-state index in [1.807, 2.05) is 37.9 Å². The average molecular weight is 465 g/mol. The number of anilines is 2. The van der Waals surface area contributed by atoms with Gasteiger partial charge in [-0.25, -0.2) is 4.98 Å². The molecule has 3 saturated carbocycles. The summed E-state index contributed by atoms with van der Waals surface area (Å²) in [6, 6.07) is 2.28. The van der Waals surface area contributed by atoms with E-state index in [9.17, 15) is 9.59 Å². The highest BCUT2D eigenvalue weighted by atomic mass is 16.2. The lowest BCUT2D eigenvalue weighted by molar-refractivity contribution is -0.139. The first kappa shape index (κ1) is 23.4. The molecule has 6 heteroatoms. The molecule has 2 heterocycles. The summed E-state index contributed by atoms with van der Waals surface area (Å²) in [6.45, 7) is 8.72. The summed E-state index contributed by atoms with van der Waals surface area (Å²) in [5.74, 6) is 2.95. The molecule has 0 spiro atoms. The van der Waals surface area contributed by atoms with E-state index in [-0.39, 0.29) is 22.6 Å². The number of nitrogens with two attached hydrogens (primary N) is 1. The van der Waals surface area contributed by atoms with Gasteiger partial charge in [0.15, 0.2) is 0 Å². The topological polar surface area (TPSA) is 88.3 Å². The first-order valence-electron chi connectivity index (χ1n) is 13.0. The Hall–Kier alpha value is -2.37. The molecule has 6 nitrogen and oxygen atoms in total. The van der Waals surface area contributed by atoms with Crippen molar-refractivity contribution in [3.63, 3.8) is 0 Å². The van der Waals surface area contributed by atoms with Crippen LogP contribution >= 0.6 is 0 Å². The number of carbonyl (C=O) groups excluding carboxylic acids is 2. The van der Waals surface area contributed by atoms with Gasteiger partial charge < -0.3 is 16.0 Å². The molecule has 3 fully saturated rings. The Morgan fingerprint density at radius 2 is 1.94 bits per heavy atom. The predicted molar refractivity (Wildman–Crippen MR) is 135 cm³/mol. The molecule has 0 aromatic carbocycles.